The molecule has 1 saturated heterocycles. The van der Waals surface area contributed by atoms with E-state index in [9.17, 15) is 9.59 Å². The second-order valence-electron chi connectivity index (χ2n) is 7.90. The Bertz CT molecular complexity index is 841. The quantitative estimate of drug-likeness (QED) is 0.686. The summed E-state index contributed by atoms with van der Waals surface area (Å²) in [5, 5.41) is 5.70. The fourth-order valence-electron chi connectivity index (χ4n) is 3.25. The van der Waals surface area contributed by atoms with Crippen molar-refractivity contribution in [3.63, 3.8) is 0 Å². The Balaban J connectivity index is 1.48. The fourth-order valence-corrected chi connectivity index (χ4v) is 3.25. The maximum Gasteiger partial charge on any atom is 0.265 e. The van der Waals surface area contributed by atoms with Crippen molar-refractivity contribution in [2.45, 2.75) is 51.7 Å². The van der Waals surface area contributed by atoms with Gasteiger partial charge in [-0.1, -0.05) is 26.0 Å². The Morgan fingerprint density at radius 1 is 1.07 bits per heavy atom. The largest absolute Gasteiger partial charge is 0.481 e. The number of carbonyl (C=O) groups is 2. The topological polar surface area (TPSA) is 76.7 Å². The maximum absolute atomic E-state index is 12.4. The zero-order chi connectivity index (χ0) is 21.5. The van der Waals surface area contributed by atoms with Crippen LogP contribution in [0.5, 0.6) is 5.75 Å². The number of rotatable bonds is 8. The molecule has 1 aliphatic rings. The fraction of sp³-hybridized carbons (Fsp3) is 0.417. The third-order valence-electron chi connectivity index (χ3n) is 5.16. The van der Waals surface area contributed by atoms with Gasteiger partial charge in [-0.25, -0.2) is 0 Å². The van der Waals surface area contributed by atoms with Gasteiger partial charge in [0.2, 0.25) is 0 Å². The summed E-state index contributed by atoms with van der Waals surface area (Å²) in [6, 6.07) is 14.6. The number of hydrogen-bond donors (Lipinski definition) is 2. The molecular weight excluding hydrogens is 380 g/mol. The summed E-state index contributed by atoms with van der Waals surface area (Å²) in [6.07, 6.45) is 1.48. The molecular formula is C24H30N2O4. The van der Waals surface area contributed by atoms with Crippen LogP contribution in [-0.2, 0) is 9.53 Å². The lowest BCUT2D eigenvalue weighted by Crippen LogP contribution is -2.32. The summed E-state index contributed by atoms with van der Waals surface area (Å²) < 4.78 is 11.2. The van der Waals surface area contributed by atoms with Crippen LogP contribution >= 0.6 is 0 Å². The third kappa shape index (κ3) is 6.07. The molecule has 2 amide bonds. The highest BCUT2D eigenvalue weighted by Gasteiger charge is 2.17. The van der Waals surface area contributed by atoms with Gasteiger partial charge in [-0.3, -0.25) is 9.59 Å². The van der Waals surface area contributed by atoms with Crippen molar-refractivity contribution in [2.75, 3.05) is 18.5 Å². The molecule has 160 valence electrons. The molecule has 6 heteroatoms. The van der Waals surface area contributed by atoms with Crippen LogP contribution in [0.1, 0.15) is 55.5 Å². The maximum atomic E-state index is 12.4. The SMILES string of the molecule is CC(Oc1ccc(C(C)C)cc1)C(=O)Nc1ccc(C(=O)NCC2CCCO2)cc1. The van der Waals surface area contributed by atoms with Crippen LogP contribution in [0, 0.1) is 0 Å². The van der Waals surface area contributed by atoms with Crippen LogP contribution in [0.25, 0.3) is 0 Å². The van der Waals surface area contributed by atoms with Crippen molar-refractivity contribution < 1.29 is 19.1 Å². The van der Waals surface area contributed by atoms with Gasteiger partial charge in [-0.2, -0.15) is 0 Å². The van der Waals surface area contributed by atoms with E-state index in [0.717, 1.165) is 19.4 Å². The van der Waals surface area contributed by atoms with Crippen LogP contribution in [0.15, 0.2) is 48.5 Å². The molecule has 2 atom stereocenters. The van der Waals surface area contributed by atoms with Gasteiger partial charge in [0.25, 0.3) is 11.8 Å². The highest BCUT2D eigenvalue weighted by atomic mass is 16.5. The lowest BCUT2D eigenvalue weighted by Gasteiger charge is -2.16. The Labute approximate surface area is 178 Å². The number of carbonyl (C=O) groups excluding carboxylic acids is 2. The number of benzene rings is 2. The van der Waals surface area contributed by atoms with Crippen molar-refractivity contribution in [3.8, 4) is 5.75 Å². The first-order chi connectivity index (χ1) is 14.4. The molecule has 0 radical (unpaired) electrons. The molecule has 1 aliphatic heterocycles. The van der Waals surface area contributed by atoms with E-state index in [1.165, 1.54) is 5.56 Å². The second-order valence-corrected chi connectivity index (χ2v) is 7.90. The Morgan fingerprint density at radius 2 is 1.77 bits per heavy atom. The summed E-state index contributed by atoms with van der Waals surface area (Å²) in [7, 11) is 0. The molecule has 2 N–H and O–H groups in total. The predicted octanol–water partition coefficient (Wildman–Crippen LogP) is 4.12. The van der Waals surface area contributed by atoms with Crippen LogP contribution in [-0.4, -0.2) is 37.2 Å². The van der Waals surface area contributed by atoms with E-state index in [0.29, 0.717) is 29.5 Å². The van der Waals surface area contributed by atoms with E-state index in [2.05, 4.69) is 24.5 Å². The molecule has 1 fully saturated rings. The highest BCUT2D eigenvalue weighted by Crippen LogP contribution is 2.20. The van der Waals surface area contributed by atoms with Crippen molar-refractivity contribution in [3.05, 3.63) is 59.7 Å². The minimum Gasteiger partial charge on any atom is -0.481 e. The van der Waals surface area contributed by atoms with E-state index in [1.54, 1.807) is 31.2 Å². The monoisotopic (exact) mass is 410 g/mol. The van der Waals surface area contributed by atoms with E-state index in [4.69, 9.17) is 9.47 Å². The zero-order valence-electron chi connectivity index (χ0n) is 17.8. The number of amides is 2. The van der Waals surface area contributed by atoms with E-state index in [-0.39, 0.29) is 17.9 Å². The molecule has 0 aromatic heterocycles. The average molecular weight is 411 g/mol. The highest BCUT2D eigenvalue weighted by molar-refractivity contribution is 5.96. The number of hydrogen-bond acceptors (Lipinski definition) is 4. The first kappa shape index (κ1) is 21.8. The van der Waals surface area contributed by atoms with Gasteiger partial charge in [0.05, 0.1) is 6.10 Å². The lowest BCUT2D eigenvalue weighted by molar-refractivity contribution is -0.122. The van der Waals surface area contributed by atoms with Crippen molar-refractivity contribution >= 4 is 17.5 Å². The lowest BCUT2D eigenvalue weighted by atomic mass is 10.0. The van der Waals surface area contributed by atoms with E-state index >= 15 is 0 Å². The normalized spacial score (nSPS) is 16.9. The van der Waals surface area contributed by atoms with E-state index in [1.807, 2.05) is 24.3 Å². The van der Waals surface area contributed by atoms with Crippen LogP contribution in [0.4, 0.5) is 5.69 Å². The Hall–Kier alpha value is -2.86. The van der Waals surface area contributed by atoms with Crippen LogP contribution in [0.3, 0.4) is 0 Å². The molecule has 0 bridgehead atoms. The minimum absolute atomic E-state index is 0.107. The van der Waals surface area contributed by atoms with Gasteiger partial charge < -0.3 is 20.1 Å². The molecule has 0 spiro atoms. The van der Waals surface area contributed by atoms with Gasteiger partial charge in [0, 0.05) is 24.4 Å². The van der Waals surface area contributed by atoms with Gasteiger partial charge in [-0.15, -0.1) is 0 Å². The van der Waals surface area contributed by atoms with Crippen molar-refractivity contribution in [1.29, 1.82) is 0 Å². The van der Waals surface area contributed by atoms with Crippen LogP contribution < -0.4 is 15.4 Å². The first-order valence-corrected chi connectivity index (χ1v) is 10.5. The van der Waals surface area contributed by atoms with Crippen molar-refractivity contribution in [2.24, 2.45) is 0 Å². The molecule has 0 aliphatic carbocycles. The smallest absolute Gasteiger partial charge is 0.265 e. The van der Waals surface area contributed by atoms with Gasteiger partial charge in [0.15, 0.2) is 6.10 Å². The summed E-state index contributed by atoms with van der Waals surface area (Å²) in [6.45, 7) is 7.25. The molecule has 2 unspecified atom stereocenters. The number of nitrogens with one attached hydrogen (secondary N) is 2. The predicted molar refractivity (Wildman–Crippen MR) is 117 cm³/mol. The zero-order valence-corrected chi connectivity index (χ0v) is 17.8. The standard InChI is InChI=1S/C24H30N2O4/c1-16(2)18-8-12-21(13-9-18)30-17(3)23(27)26-20-10-6-19(7-11-20)24(28)25-15-22-5-4-14-29-22/h6-13,16-17,22H,4-5,14-15H2,1-3H3,(H,25,28)(H,26,27). The summed E-state index contributed by atoms with van der Waals surface area (Å²) in [4.78, 5) is 24.7. The van der Waals surface area contributed by atoms with Gasteiger partial charge in [0.1, 0.15) is 5.75 Å². The van der Waals surface area contributed by atoms with E-state index < -0.39 is 6.10 Å². The van der Waals surface area contributed by atoms with Crippen molar-refractivity contribution in [1.82, 2.24) is 5.32 Å². The molecule has 6 nitrogen and oxygen atoms in total. The first-order valence-electron chi connectivity index (χ1n) is 10.5. The summed E-state index contributed by atoms with van der Waals surface area (Å²) in [5.74, 6) is 0.699. The second kappa shape index (κ2) is 10.3. The number of anilines is 1. The average Bonchev–Trinajstić information content (AvgIpc) is 3.26. The molecule has 2 aromatic rings. The summed E-state index contributed by atoms with van der Waals surface area (Å²) in [5.41, 5.74) is 2.38. The molecule has 3 rings (SSSR count). The number of ether oxygens (including phenoxy) is 2. The molecule has 1 heterocycles. The molecule has 0 saturated carbocycles. The Morgan fingerprint density at radius 3 is 2.37 bits per heavy atom. The Kier molecular flexibility index (Phi) is 7.46. The third-order valence-corrected chi connectivity index (χ3v) is 5.16. The minimum atomic E-state index is -0.649. The molecule has 30 heavy (non-hydrogen) atoms. The van der Waals surface area contributed by atoms with Gasteiger partial charge in [-0.05, 0) is 67.6 Å². The molecule has 2 aromatic carbocycles. The van der Waals surface area contributed by atoms with Gasteiger partial charge >= 0.3 is 0 Å². The van der Waals surface area contributed by atoms with Crippen LogP contribution in [0.2, 0.25) is 0 Å². The summed E-state index contributed by atoms with van der Waals surface area (Å²) >= 11 is 0.